The number of primary amides is 1. The molecule has 1 rings (SSSR count). The van der Waals surface area contributed by atoms with Crippen molar-refractivity contribution in [2.75, 3.05) is 31.1 Å². The van der Waals surface area contributed by atoms with Gasteiger partial charge in [0.1, 0.15) is 11.5 Å². The van der Waals surface area contributed by atoms with Crippen molar-refractivity contribution in [3.8, 4) is 0 Å². The molecule has 64 valence electrons. The zero-order chi connectivity index (χ0) is 8.27. The van der Waals surface area contributed by atoms with Crippen LogP contribution in [0.5, 0.6) is 0 Å². The number of amides is 1. The van der Waals surface area contributed by atoms with Crippen molar-refractivity contribution in [1.82, 2.24) is 4.90 Å². The maximum atomic E-state index is 10.9. The summed E-state index contributed by atoms with van der Waals surface area (Å²) < 4.78 is 10.9. The molecule has 1 amide bonds. The number of carbonyl (C=O) groups excluding carboxylic acids is 1. The lowest BCUT2D eigenvalue weighted by Crippen LogP contribution is -2.44. The van der Waals surface area contributed by atoms with Gasteiger partial charge in [0.25, 0.3) is 0 Å². The Bertz CT molecular complexity index is 146. The molecule has 0 aromatic rings. The molecule has 2 N–H and O–H groups in total. The lowest BCUT2D eigenvalue weighted by atomic mass is 10.4. The first-order valence-corrected chi connectivity index (χ1v) is 5.03. The number of rotatable bonds is 2. The Kier molecular flexibility index (Phi) is 3.16. The maximum absolute atomic E-state index is 10.9. The van der Waals surface area contributed by atoms with Crippen LogP contribution in [0.4, 0.5) is 0 Å². The highest BCUT2D eigenvalue weighted by Gasteiger charge is 2.19. The molecule has 4 nitrogen and oxygen atoms in total. The van der Waals surface area contributed by atoms with Crippen molar-refractivity contribution >= 4 is 17.1 Å². The Hall–Kier alpha value is -0.260. The van der Waals surface area contributed by atoms with Crippen molar-refractivity contribution in [3.05, 3.63) is 0 Å². The summed E-state index contributed by atoms with van der Waals surface area (Å²) >= 11 is -0.670. The molecule has 1 heterocycles. The molecule has 0 aromatic carbocycles. The standard InChI is InChI=1S/C6H12N2O2S/c7-6(9)5-8-1-3-11(10)4-2-8/h1-5H2,(H2,7,9). The lowest BCUT2D eigenvalue weighted by molar-refractivity contribution is -0.119. The molecule has 1 saturated heterocycles. The molecule has 1 aliphatic heterocycles. The quantitative estimate of drug-likeness (QED) is 0.523. The highest BCUT2D eigenvalue weighted by Crippen LogP contribution is 2.02. The van der Waals surface area contributed by atoms with Crippen LogP contribution in [0, 0.1) is 0 Å². The van der Waals surface area contributed by atoms with Crippen LogP contribution >= 0.6 is 0 Å². The third-order valence-corrected chi connectivity index (χ3v) is 2.93. The van der Waals surface area contributed by atoms with Crippen molar-refractivity contribution in [2.24, 2.45) is 5.73 Å². The summed E-state index contributed by atoms with van der Waals surface area (Å²) in [5, 5.41) is 0. The molecule has 0 saturated carbocycles. The van der Waals surface area contributed by atoms with Crippen molar-refractivity contribution in [1.29, 1.82) is 0 Å². The number of nitrogens with zero attached hydrogens (tertiary/aromatic N) is 1. The van der Waals surface area contributed by atoms with E-state index in [1.807, 2.05) is 4.90 Å². The molecule has 11 heavy (non-hydrogen) atoms. The van der Waals surface area contributed by atoms with E-state index in [2.05, 4.69) is 0 Å². The Morgan fingerprint density at radius 3 is 2.55 bits per heavy atom. The number of nitrogens with two attached hydrogens (primary N) is 1. The largest absolute Gasteiger partial charge is 0.616 e. The predicted octanol–water partition coefficient (Wildman–Crippen LogP) is -1.46. The SMILES string of the molecule is NC(=O)CN1CC[S+]([O-])CC1. The van der Waals surface area contributed by atoms with E-state index in [-0.39, 0.29) is 5.91 Å². The Morgan fingerprint density at radius 1 is 1.55 bits per heavy atom. The minimum atomic E-state index is -0.670. The van der Waals surface area contributed by atoms with Gasteiger partial charge in [0, 0.05) is 13.1 Å². The molecule has 1 aliphatic rings. The zero-order valence-electron chi connectivity index (χ0n) is 6.28. The van der Waals surface area contributed by atoms with E-state index in [1.165, 1.54) is 0 Å². The summed E-state index contributed by atoms with van der Waals surface area (Å²) in [6, 6.07) is 0. The van der Waals surface area contributed by atoms with Crippen LogP contribution in [0.25, 0.3) is 0 Å². The second kappa shape index (κ2) is 3.94. The fraction of sp³-hybridized carbons (Fsp3) is 0.833. The first-order valence-electron chi connectivity index (χ1n) is 3.54. The van der Waals surface area contributed by atoms with Crippen molar-refractivity contribution in [2.45, 2.75) is 0 Å². The molecule has 0 unspecified atom stereocenters. The highest BCUT2D eigenvalue weighted by atomic mass is 32.2. The number of hydrogen-bond acceptors (Lipinski definition) is 3. The first kappa shape index (κ1) is 8.83. The van der Waals surface area contributed by atoms with Gasteiger partial charge in [0.2, 0.25) is 5.91 Å². The predicted molar refractivity (Wildman–Crippen MR) is 43.5 cm³/mol. The van der Waals surface area contributed by atoms with E-state index < -0.39 is 11.2 Å². The Labute approximate surface area is 68.9 Å². The number of hydrogen-bond donors (Lipinski definition) is 1. The van der Waals surface area contributed by atoms with E-state index in [4.69, 9.17) is 5.73 Å². The van der Waals surface area contributed by atoms with E-state index in [0.29, 0.717) is 18.1 Å². The van der Waals surface area contributed by atoms with Crippen LogP contribution in [0.3, 0.4) is 0 Å². The minimum absolute atomic E-state index is 0.303. The molecular formula is C6H12N2O2S. The van der Waals surface area contributed by atoms with Gasteiger partial charge in [0.15, 0.2) is 0 Å². The maximum Gasteiger partial charge on any atom is 0.231 e. The van der Waals surface area contributed by atoms with Gasteiger partial charge in [-0.3, -0.25) is 9.69 Å². The van der Waals surface area contributed by atoms with Crippen LogP contribution in [0.1, 0.15) is 0 Å². The van der Waals surface area contributed by atoms with Gasteiger partial charge in [-0.25, -0.2) is 0 Å². The van der Waals surface area contributed by atoms with Gasteiger partial charge in [-0.05, 0) is 0 Å². The topological polar surface area (TPSA) is 69.4 Å². The fourth-order valence-electron chi connectivity index (χ4n) is 1.05. The third kappa shape index (κ3) is 3.09. The molecule has 0 spiro atoms. The smallest absolute Gasteiger partial charge is 0.231 e. The van der Waals surface area contributed by atoms with Gasteiger partial charge in [-0.15, -0.1) is 0 Å². The molecule has 0 radical (unpaired) electrons. The van der Waals surface area contributed by atoms with Crippen LogP contribution in [-0.4, -0.2) is 46.5 Å². The van der Waals surface area contributed by atoms with E-state index in [1.54, 1.807) is 0 Å². The average molecular weight is 176 g/mol. The van der Waals surface area contributed by atoms with E-state index in [9.17, 15) is 9.35 Å². The van der Waals surface area contributed by atoms with Gasteiger partial charge < -0.3 is 10.3 Å². The van der Waals surface area contributed by atoms with Crippen molar-refractivity contribution in [3.63, 3.8) is 0 Å². The molecule has 0 bridgehead atoms. The van der Waals surface area contributed by atoms with Gasteiger partial charge >= 0.3 is 0 Å². The summed E-state index contributed by atoms with van der Waals surface area (Å²) in [4.78, 5) is 12.4. The lowest BCUT2D eigenvalue weighted by Gasteiger charge is -2.26. The zero-order valence-corrected chi connectivity index (χ0v) is 7.10. The normalized spacial score (nSPS) is 21.9. The van der Waals surface area contributed by atoms with Crippen LogP contribution in [-0.2, 0) is 16.0 Å². The fourth-order valence-corrected chi connectivity index (χ4v) is 2.18. The summed E-state index contributed by atoms with van der Waals surface area (Å²) in [6.07, 6.45) is 0. The molecule has 5 heteroatoms. The Morgan fingerprint density at radius 2 is 2.09 bits per heavy atom. The third-order valence-electron chi connectivity index (χ3n) is 1.65. The summed E-state index contributed by atoms with van der Waals surface area (Å²) in [7, 11) is 0. The van der Waals surface area contributed by atoms with Gasteiger partial charge in [-0.1, -0.05) is 11.2 Å². The molecule has 0 atom stereocenters. The second-order valence-corrected chi connectivity index (χ2v) is 4.29. The van der Waals surface area contributed by atoms with Crippen LogP contribution in [0.2, 0.25) is 0 Å². The first-order chi connectivity index (χ1) is 5.18. The summed E-state index contributed by atoms with van der Waals surface area (Å²) in [6.45, 7) is 1.77. The van der Waals surface area contributed by atoms with E-state index in [0.717, 1.165) is 13.1 Å². The minimum Gasteiger partial charge on any atom is -0.616 e. The van der Waals surface area contributed by atoms with Crippen LogP contribution < -0.4 is 5.73 Å². The molecule has 0 aliphatic carbocycles. The highest BCUT2D eigenvalue weighted by molar-refractivity contribution is 7.91. The van der Waals surface area contributed by atoms with Crippen molar-refractivity contribution < 1.29 is 9.35 Å². The molecule has 1 fully saturated rings. The van der Waals surface area contributed by atoms with Crippen LogP contribution in [0.15, 0.2) is 0 Å². The summed E-state index contributed by atoms with van der Waals surface area (Å²) in [5.74, 6) is 1.04. The second-order valence-electron chi connectivity index (χ2n) is 2.59. The monoisotopic (exact) mass is 176 g/mol. The molecular weight excluding hydrogens is 164 g/mol. The molecule has 0 aromatic heterocycles. The number of carbonyl (C=O) groups is 1. The van der Waals surface area contributed by atoms with Gasteiger partial charge in [0.05, 0.1) is 6.54 Å². The average Bonchev–Trinajstić information content (AvgIpc) is 1.93. The van der Waals surface area contributed by atoms with Gasteiger partial charge in [-0.2, -0.15) is 0 Å². The Balaban J connectivity index is 2.22. The summed E-state index contributed by atoms with van der Waals surface area (Å²) in [5.41, 5.74) is 5.00. The van der Waals surface area contributed by atoms with E-state index >= 15 is 0 Å².